The van der Waals surface area contributed by atoms with Crippen molar-refractivity contribution in [3.8, 4) is 0 Å². The zero-order valence-electron chi connectivity index (χ0n) is 19.1. The summed E-state index contributed by atoms with van der Waals surface area (Å²) in [6, 6.07) is 8.26. The van der Waals surface area contributed by atoms with Gasteiger partial charge in [0.25, 0.3) is 5.91 Å². The highest BCUT2D eigenvalue weighted by atomic mass is 16.5. The molecule has 0 bridgehead atoms. The number of carbonyl (C=O) groups is 2. The second-order valence-electron chi connectivity index (χ2n) is 8.94. The van der Waals surface area contributed by atoms with E-state index in [1.54, 1.807) is 9.58 Å². The number of rotatable bonds is 6. The Morgan fingerprint density at radius 1 is 1.19 bits per heavy atom. The van der Waals surface area contributed by atoms with Crippen molar-refractivity contribution in [3.63, 3.8) is 0 Å². The van der Waals surface area contributed by atoms with Gasteiger partial charge in [-0.1, -0.05) is 35.0 Å². The maximum absolute atomic E-state index is 13.1. The van der Waals surface area contributed by atoms with Crippen LogP contribution in [0.2, 0.25) is 0 Å². The molecule has 4 rings (SSSR count). The van der Waals surface area contributed by atoms with Crippen LogP contribution in [-0.4, -0.2) is 76.9 Å². The van der Waals surface area contributed by atoms with E-state index in [1.807, 2.05) is 19.0 Å². The molecule has 2 aliphatic rings. The van der Waals surface area contributed by atoms with Gasteiger partial charge in [0.1, 0.15) is 6.10 Å². The Balaban J connectivity index is 1.33. The smallest absolute Gasteiger partial charge is 0.276 e. The third kappa shape index (κ3) is 4.99. The Morgan fingerprint density at radius 3 is 2.59 bits per heavy atom. The number of benzene rings is 1. The van der Waals surface area contributed by atoms with Gasteiger partial charge in [0, 0.05) is 32.1 Å². The molecule has 1 atom stereocenters. The lowest BCUT2D eigenvalue weighted by atomic mass is 9.95. The van der Waals surface area contributed by atoms with Crippen LogP contribution in [0.3, 0.4) is 0 Å². The van der Waals surface area contributed by atoms with Gasteiger partial charge in [-0.3, -0.25) is 9.59 Å². The van der Waals surface area contributed by atoms with Crippen LogP contribution in [0.1, 0.15) is 46.3 Å². The van der Waals surface area contributed by atoms with Crippen molar-refractivity contribution < 1.29 is 14.3 Å². The molecule has 9 nitrogen and oxygen atoms in total. The minimum absolute atomic E-state index is 0.0474. The van der Waals surface area contributed by atoms with Gasteiger partial charge in [-0.15, -0.1) is 5.10 Å². The minimum Gasteiger partial charge on any atom is -0.365 e. The third-order valence-corrected chi connectivity index (χ3v) is 6.26. The quantitative estimate of drug-likeness (QED) is 0.730. The number of carbonyl (C=O) groups excluding carboxylic acids is 2. The topological polar surface area (TPSA) is 92.6 Å². The molecular formula is C23H32N6O3. The largest absolute Gasteiger partial charge is 0.365 e. The van der Waals surface area contributed by atoms with Crippen LogP contribution in [0.4, 0.5) is 0 Å². The van der Waals surface area contributed by atoms with Crippen LogP contribution >= 0.6 is 0 Å². The fourth-order valence-electron chi connectivity index (χ4n) is 4.20. The van der Waals surface area contributed by atoms with E-state index in [0.717, 1.165) is 17.8 Å². The number of amides is 2. The fraction of sp³-hybridized carbons (Fsp3) is 0.565. The van der Waals surface area contributed by atoms with E-state index in [4.69, 9.17) is 4.74 Å². The fourth-order valence-corrected chi connectivity index (χ4v) is 4.20. The highest BCUT2D eigenvalue weighted by molar-refractivity contribution is 5.93. The Hall–Kier alpha value is -2.78. The monoisotopic (exact) mass is 440 g/mol. The van der Waals surface area contributed by atoms with Crippen LogP contribution in [0, 0.1) is 12.8 Å². The Bertz CT molecular complexity index is 947. The number of likely N-dealkylation sites (N-methyl/N-ethyl adjacent to an activating group) is 1. The Labute approximate surface area is 188 Å². The van der Waals surface area contributed by atoms with E-state index < -0.39 is 0 Å². The number of aromatic nitrogens is 3. The van der Waals surface area contributed by atoms with Crippen molar-refractivity contribution in [2.24, 2.45) is 5.92 Å². The van der Waals surface area contributed by atoms with Gasteiger partial charge in [0.05, 0.1) is 18.8 Å². The second kappa shape index (κ2) is 9.79. The molecule has 2 aliphatic heterocycles. The maximum Gasteiger partial charge on any atom is 0.276 e. The highest BCUT2D eigenvalue weighted by Crippen LogP contribution is 2.28. The van der Waals surface area contributed by atoms with E-state index in [0.29, 0.717) is 51.3 Å². The summed E-state index contributed by atoms with van der Waals surface area (Å²) in [5.41, 5.74) is 3.38. The zero-order valence-corrected chi connectivity index (χ0v) is 19.1. The molecule has 3 heterocycles. The normalized spacial score (nSPS) is 19.1. The van der Waals surface area contributed by atoms with Gasteiger partial charge < -0.3 is 19.9 Å². The molecule has 2 amide bonds. The number of hydrogen-bond donors (Lipinski definition) is 1. The number of hydrogen-bond acceptors (Lipinski definition) is 6. The highest BCUT2D eigenvalue weighted by Gasteiger charge is 2.33. The summed E-state index contributed by atoms with van der Waals surface area (Å²) >= 11 is 0. The number of nitrogens with zero attached hydrogens (tertiary/aromatic N) is 5. The van der Waals surface area contributed by atoms with Crippen LogP contribution in [-0.2, 0) is 22.7 Å². The predicted octanol–water partition coefficient (Wildman–Crippen LogP) is 1.39. The summed E-state index contributed by atoms with van der Waals surface area (Å²) in [7, 11) is 3.96. The average Bonchev–Trinajstić information content (AvgIpc) is 3.22. The van der Waals surface area contributed by atoms with Gasteiger partial charge in [0.2, 0.25) is 5.91 Å². The van der Waals surface area contributed by atoms with Crippen molar-refractivity contribution in [1.82, 2.24) is 30.1 Å². The number of likely N-dealkylation sites (tertiary alicyclic amines) is 1. The number of aryl methyl sites for hydroxylation is 1. The molecule has 9 heteroatoms. The zero-order chi connectivity index (χ0) is 22.7. The summed E-state index contributed by atoms with van der Waals surface area (Å²) in [6.45, 7) is 5.44. The van der Waals surface area contributed by atoms with Crippen LogP contribution in [0.25, 0.3) is 0 Å². The first-order valence-corrected chi connectivity index (χ1v) is 11.2. The van der Waals surface area contributed by atoms with Crippen LogP contribution < -0.4 is 5.32 Å². The first-order valence-electron chi connectivity index (χ1n) is 11.2. The first kappa shape index (κ1) is 22.4. The number of ether oxygens (including phenoxy) is 1. The molecule has 0 aliphatic carbocycles. The lowest BCUT2D eigenvalue weighted by Crippen LogP contribution is -2.44. The van der Waals surface area contributed by atoms with Crippen molar-refractivity contribution in [1.29, 1.82) is 0 Å². The number of fused-ring (bicyclic) bond motifs is 1. The van der Waals surface area contributed by atoms with Crippen LogP contribution in [0.15, 0.2) is 24.3 Å². The molecule has 32 heavy (non-hydrogen) atoms. The van der Waals surface area contributed by atoms with Crippen molar-refractivity contribution in [2.45, 2.75) is 39.0 Å². The average molecular weight is 441 g/mol. The molecule has 1 N–H and O–H groups in total. The van der Waals surface area contributed by atoms with Gasteiger partial charge in [0.15, 0.2) is 5.69 Å². The van der Waals surface area contributed by atoms with E-state index >= 15 is 0 Å². The summed E-state index contributed by atoms with van der Waals surface area (Å²) in [6.07, 6.45) is 1.22. The second-order valence-corrected chi connectivity index (χ2v) is 8.94. The van der Waals surface area contributed by atoms with E-state index in [2.05, 4.69) is 46.8 Å². The standard InChI is InChI=1S/C23H32N6O3/c1-16-4-6-17(7-5-16)20-14-29-19(15-32-20)21(25-26-29)23(31)28-11-8-18(9-12-28)22(30)24-10-13-27(2)3/h4-7,18,20H,8-15H2,1-3H3,(H,24,30)/t20-/m0/s1. The molecule has 0 unspecified atom stereocenters. The van der Waals surface area contributed by atoms with Gasteiger partial charge in [-0.2, -0.15) is 0 Å². The summed E-state index contributed by atoms with van der Waals surface area (Å²) < 4.78 is 7.83. The van der Waals surface area contributed by atoms with Crippen molar-refractivity contribution in [3.05, 3.63) is 46.8 Å². The van der Waals surface area contributed by atoms with Crippen molar-refractivity contribution >= 4 is 11.8 Å². The van der Waals surface area contributed by atoms with Crippen molar-refractivity contribution in [2.75, 3.05) is 40.3 Å². The molecule has 2 aromatic rings. The van der Waals surface area contributed by atoms with Crippen LogP contribution in [0.5, 0.6) is 0 Å². The van der Waals surface area contributed by atoms with E-state index in [-0.39, 0.29) is 23.8 Å². The molecule has 172 valence electrons. The van der Waals surface area contributed by atoms with E-state index in [9.17, 15) is 9.59 Å². The number of piperidine rings is 1. The Kier molecular flexibility index (Phi) is 6.86. The molecule has 1 saturated heterocycles. The third-order valence-electron chi connectivity index (χ3n) is 6.26. The van der Waals surface area contributed by atoms with Gasteiger partial charge in [-0.25, -0.2) is 4.68 Å². The summed E-state index contributed by atoms with van der Waals surface area (Å²) in [4.78, 5) is 29.3. The molecule has 1 fully saturated rings. The van der Waals surface area contributed by atoms with Gasteiger partial charge in [-0.05, 0) is 39.4 Å². The lowest BCUT2D eigenvalue weighted by molar-refractivity contribution is -0.126. The van der Waals surface area contributed by atoms with Gasteiger partial charge >= 0.3 is 0 Å². The Morgan fingerprint density at radius 2 is 1.91 bits per heavy atom. The molecule has 1 aromatic heterocycles. The van der Waals surface area contributed by atoms with E-state index in [1.165, 1.54) is 5.56 Å². The molecular weight excluding hydrogens is 408 g/mol. The lowest BCUT2D eigenvalue weighted by Gasteiger charge is -2.31. The maximum atomic E-state index is 13.1. The first-order chi connectivity index (χ1) is 15.4. The molecule has 1 aromatic carbocycles. The SMILES string of the molecule is Cc1ccc([C@@H]2Cn3nnc(C(=O)N4CCC(C(=O)NCCN(C)C)CC4)c3CO2)cc1. The predicted molar refractivity (Wildman–Crippen MR) is 119 cm³/mol. The summed E-state index contributed by atoms with van der Waals surface area (Å²) in [5.74, 6) is -0.0977. The minimum atomic E-state index is -0.130. The molecule has 0 radical (unpaired) electrons. The number of nitrogens with one attached hydrogen (secondary N) is 1. The molecule has 0 saturated carbocycles. The molecule has 0 spiro atoms. The summed E-state index contributed by atoms with van der Waals surface area (Å²) in [5, 5.41) is 11.4.